The fraction of sp³-hybridized carbons (Fsp3) is 0.375. The number of carbonyl (C=O) groups is 1. The molecule has 2 N–H and O–H groups in total. The molecule has 0 radical (unpaired) electrons. The molecule has 22 heavy (non-hydrogen) atoms. The minimum Gasteiger partial charge on any atom is -0.459 e. The number of esters is 1. The van der Waals surface area contributed by atoms with Crippen molar-refractivity contribution in [3.05, 3.63) is 36.0 Å². The van der Waals surface area contributed by atoms with Gasteiger partial charge in [-0.05, 0) is 11.6 Å². The smallest absolute Gasteiger partial charge is 0.323 e. The summed E-state index contributed by atoms with van der Waals surface area (Å²) in [5.74, 6) is 0.143. The number of aromatic nitrogens is 1. The second-order valence-corrected chi connectivity index (χ2v) is 5.21. The number of alkyl halides is 1. The fourth-order valence-electron chi connectivity index (χ4n) is 2.28. The number of ether oxygens (including phenoxy) is 1. The van der Waals surface area contributed by atoms with Gasteiger partial charge in [-0.3, -0.25) is 9.79 Å². The van der Waals surface area contributed by atoms with Gasteiger partial charge < -0.3 is 15.0 Å². The van der Waals surface area contributed by atoms with Crippen LogP contribution >= 0.6 is 11.6 Å². The van der Waals surface area contributed by atoms with E-state index in [9.17, 15) is 4.79 Å². The molecular formula is C16H20ClN3O2. The molecule has 0 aliphatic heterocycles. The Bertz CT molecular complexity index is 639. The van der Waals surface area contributed by atoms with Crippen LogP contribution in [0.25, 0.3) is 10.9 Å². The van der Waals surface area contributed by atoms with Crippen LogP contribution in [-0.2, 0) is 16.0 Å². The van der Waals surface area contributed by atoms with E-state index in [2.05, 4.69) is 15.3 Å². The van der Waals surface area contributed by atoms with Gasteiger partial charge in [0, 0.05) is 49.2 Å². The van der Waals surface area contributed by atoms with Gasteiger partial charge in [0.05, 0.1) is 0 Å². The first-order valence-electron chi connectivity index (χ1n) is 7.18. The van der Waals surface area contributed by atoms with Crippen molar-refractivity contribution < 1.29 is 9.53 Å². The Balaban J connectivity index is 2.09. The Hall–Kier alpha value is -1.85. The normalized spacial score (nSPS) is 12.8. The predicted octanol–water partition coefficient (Wildman–Crippen LogP) is 2.15. The number of para-hydroxylation sites is 1. The number of rotatable bonds is 8. The summed E-state index contributed by atoms with van der Waals surface area (Å²) in [6, 6.07) is 7.58. The van der Waals surface area contributed by atoms with Crippen LogP contribution in [0.4, 0.5) is 0 Å². The van der Waals surface area contributed by atoms with Crippen LogP contribution in [0.2, 0.25) is 0 Å². The minimum absolute atomic E-state index is 0.183. The molecule has 1 aromatic heterocycles. The van der Waals surface area contributed by atoms with Crippen LogP contribution in [-0.4, -0.2) is 49.3 Å². The van der Waals surface area contributed by atoms with Gasteiger partial charge in [0.25, 0.3) is 0 Å². The Labute approximate surface area is 134 Å². The molecule has 118 valence electrons. The second-order valence-electron chi connectivity index (χ2n) is 4.83. The molecule has 0 fully saturated rings. The number of hydrogen-bond acceptors (Lipinski definition) is 4. The van der Waals surface area contributed by atoms with E-state index in [1.165, 1.54) is 0 Å². The first-order chi connectivity index (χ1) is 10.8. The zero-order chi connectivity index (χ0) is 15.8. The highest BCUT2D eigenvalue weighted by atomic mass is 35.5. The average Bonchev–Trinajstić information content (AvgIpc) is 2.94. The first kappa shape index (κ1) is 16.5. The average molecular weight is 322 g/mol. The molecule has 0 saturated heterocycles. The van der Waals surface area contributed by atoms with Crippen molar-refractivity contribution in [1.82, 2.24) is 10.3 Å². The van der Waals surface area contributed by atoms with Gasteiger partial charge in [-0.2, -0.15) is 0 Å². The summed E-state index contributed by atoms with van der Waals surface area (Å²) in [4.78, 5) is 19.2. The van der Waals surface area contributed by atoms with Gasteiger partial charge in [0.1, 0.15) is 12.6 Å². The molecule has 1 aromatic carbocycles. The molecule has 0 aliphatic carbocycles. The van der Waals surface area contributed by atoms with Gasteiger partial charge >= 0.3 is 5.97 Å². The lowest BCUT2D eigenvalue weighted by Crippen LogP contribution is -2.41. The maximum absolute atomic E-state index is 12.2. The second kappa shape index (κ2) is 8.56. The third-order valence-electron chi connectivity index (χ3n) is 3.35. The molecular weight excluding hydrogens is 302 g/mol. The molecule has 0 bridgehead atoms. The predicted molar refractivity (Wildman–Crippen MR) is 89.9 cm³/mol. The van der Waals surface area contributed by atoms with Crippen LogP contribution in [0.3, 0.4) is 0 Å². The number of hydrogen-bond donors (Lipinski definition) is 2. The lowest BCUT2D eigenvalue weighted by molar-refractivity contribution is -0.144. The number of halogens is 1. The van der Waals surface area contributed by atoms with Gasteiger partial charge in [0.2, 0.25) is 0 Å². The number of nitrogens with zero attached hydrogens (tertiary/aromatic N) is 1. The van der Waals surface area contributed by atoms with E-state index >= 15 is 0 Å². The molecule has 0 spiro atoms. The third kappa shape index (κ3) is 4.32. The maximum atomic E-state index is 12.2. The maximum Gasteiger partial charge on any atom is 0.323 e. The van der Waals surface area contributed by atoms with E-state index in [1.807, 2.05) is 30.5 Å². The van der Waals surface area contributed by atoms with Crippen LogP contribution < -0.4 is 5.32 Å². The molecule has 1 atom stereocenters. The van der Waals surface area contributed by atoms with Crippen LogP contribution in [0, 0.1) is 0 Å². The zero-order valence-electron chi connectivity index (χ0n) is 12.5. The van der Waals surface area contributed by atoms with Crippen molar-refractivity contribution in [2.24, 2.45) is 4.99 Å². The molecule has 2 aromatic rings. The zero-order valence-corrected chi connectivity index (χ0v) is 13.3. The highest BCUT2D eigenvalue weighted by molar-refractivity contribution is 6.18. The van der Waals surface area contributed by atoms with Crippen molar-refractivity contribution in [3.63, 3.8) is 0 Å². The summed E-state index contributed by atoms with van der Waals surface area (Å²) in [7, 11) is 1.64. The summed E-state index contributed by atoms with van der Waals surface area (Å²) >= 11 is 5.71. The molecule has 6 heteroatoms. The van der Waals surface area contributed by atoms with E-state index in [0.717, 1.165) is 16.5 Å². The largest absolute Gasteiger partial charge is 0.459 e. The Kier molecular flexibility index (Phi) is 6.43. The van der Waals surface area contributed by atoms with E-state index in [-0.39, 0.29) is 12.6 Å². The highest BCUT2D eigenvalue weighted by Crippen LogP contribution is 2.19. The molecule has 1 heterocycles. The summed E-state index contributed by atoms with van der Waals surface area (Å²) in [6.07, 6.45) is 4.03. The molecule has 0 amide bonds. The molecule has 0 saturated carbocycles. The Morgan fingerprint density at radius 1 is 1.50 bits per heavy atom. The van der Waals surface area contributed by atoms with Crippen LogP contribution in [0.5, 0.6) is 0 Å². The van der Waals surface area contributed by atoms with E-state index < -0.39 is 6.04 Å². The monoisotopic (exact) mass is 321 g/mol. The molecule has 1 unspecified atom stereocenters. The molecule has 2 rings (SSSR count). The summed E-state index contributed by atoms with van der Waals surface area (Å²) in [5.41, 5.74) is 2.13. The van der Waals surface area contributed by atoms with Crippen molar-refractivity contribution in [3.8, 4) is 0 Å². The molecule has 5 nitrogen and oxygen atoms in total. The lowest BCUT2D eigenvalue weighted by atomic mass is 10.1. The van der Waals surface area contributed by atoms with Crippen LogP contribution in [0.1, 0.15) is 5.56 Å². The summed E-state index contributed by atoms with van der Waals surface area (Å²) < 4.78 is 5.20. The number of carbonyl (C=O) groups excluding carboxylic acids is 1. The first-order valence-corrected chi connectivity index (χ1v) is 7.71. The Morgan fingerprint density at radius 3 is 3.09 bits per heavy atom. The van der Waals surface area contributed by atoms with Gasteiger partial charge in [0.15, 0.2) is 0 Å². The van der Waals surface area contributed by atoms with Crippen molar-refractivity contribution in [2.75, 3.05) is 26.1 Å². The van der Waals surface area contributed by atoms with Crippen molar-refractivity contribution in [2.45, 2.75) is 12.5 Å². The van der Waals surface area contributed by atoms with E-state index in [1.54, 1.807) is 13.3 Å². The Morgan fingerprint density at radius 2 is 2.32 bits per heavy atom. The number of aromatic amines is 1. The van der Waals surface area contributed by atoms with E-state index in [4.69, 9.17) is 16.3 Å². The standard InChI is InChI=1S/C16H20ClN3O2/c1-18-8-9-22-16(21)15(19-7-6-17)10-12-11-20-14-5-3-2-4-13(12)14/h2-5,8,11,15,19-20H,6-7,9-10H2,1H3. The van der Waals surface area contributed by atoms with E-state index in [0.29, 0.717) is 18.8 Å². The lowest BCUT2D eigenvalue weighted by Gasteiger charge is -2.16. The van der Waals surface area contributed by atoms with Gasteiger partial charge in [-0.15, -0.1) is 11.6 Å². The number of H-pyrrole nitrogens is 1. The minimum atomic E-state index is -0.428. The fourth-order valence-corrected chi connectivity index (χ4v) is 2.39. The van der Waals surface area contributed by atoms with Gasteiger partial charge in [-0.1, -0.05) is 18.2 Å². The third-order valence-corrected chi connectivity index (χ3v) is 3.54. The van der Waals surface area contributed by atoms with Crippen LogP contribution in [0.15, 0.2) is 35.5 Å². The van der Waals surface area contributed by atoms with Crippen molar-refractivity contribution >= 4 is 34.7 Å². The summed E-state index contributed by atoms with van der Waals surface area (Å²) in [5, 5.41) is 4.25. The quantitative estimate of drug-likeness (QED) is 0.445. The van der Waals surface area contributed by atoms with Gasteiger partial charge in [-0.25, -0.2) is 0 Å². The topological polar surface area (TPSA) is 66.5 Å². The highest BCUT2D eigenvalue weighted by Gasteiger charge is 2.21. The number of aliphatic imine (C=N–C) groups is 1. The molecule has 0 aliphatic rings. The van der Waals surface area contributed by atoms with Crippen molar-refractivity contribution in [1.29, 1.82) is 0 Å². The number of nitrogens with one attached hydrogen (secondary N) is 2. The number of benzene rings is 1. The SMILES string of the molecule is CN=CCOC(=O)C(Cc1c[nH]c2ccccc12)NCCCl. The summed E-state index contributed by atoms with van der Waals surface area (Å²) in [6.45, 7) is 0.730. The number of fused-ring (bicyclic) bond motifs is 1.